The average molecular weight is 827 g/mol. The largest absolute Gasteiger partial charge is 0.228 e. The van der Waals surface area contributed by atoms with Gasteiger partial charge in [0.15, 0.2) is 11.6 Å². The Labute approximate surface area is 366 Å². The summed E-state index contributed by atoms with van der Waals surface area (Å²) in [4.78, 5) is 21.2. The van der Waals surface area contributed by atoms with Crippen molar-refractivity contribution in [3.05, 3.63) is 226 Å². The lowest BCUT2D eigenvalue weighted by Gasteiger charge is -2.42. The van der Waals surface area contributed by atoms with Crippen molar-refractivity contribution in [2.45, 2.75) is 11.8 Å². The van der Waals surface area contributed by atoms with Crippen molar-refractivity contribution >= 4 is 42.8 Å². The zero-order valence-corrected chi connectivity index (χ0v) is 34.9. The molecule has 62 heavy (non-hydrogen) atoms. The normalized spacial score (nSPS) is 14.8. The molecule has 2 bridgehead atoms. The average Bonchev–Trinajstić information content (AvgIpc) is 3.99. The minimum Gasteiger partial charge on any atom is -0.228 e. The van der Waals surface area contributed by atoms with Crippen LogP contribution in [0.5, 0.6) is 0 Å². The Morgan fingerprint density at radius 1 is 0.306 bits per heavy atom. The van der Waals surface area contributed by atoms with E-state index < -0.39 is 0 Å². The van der Waals surface area contributed by atoms with E-state index in [1.807, 2.05) is 0 Å². The summed E-state index contributed by atoms with van der Waals surface area (Å²) in [6, 6.07) is 65.2. The molecule has 11 aromatic rings. The number of hydrogen-bond donors (Lipinski definition) is 0. The first-order valence-corrected chi connectivity index (χ1v) is 22.7. The minimum absolute atomic E-state index is 0.0668. The fraction of sp³-hybridized carbons (Fsp3) is 0.0357. The molecule has 4 heterocycles. The number of rotatable bonds is 6. The smallest absolute Gasteiger partial charge is 0.160 e. The first kappa shape index (κ1) is 35.4. The van der Waals surface area contributed by atoms with E-state index in [0.717, 1.165) is 67.8 Å². The van der Waals surface area contributed by atoms with Crippen LogP contribution in [0.3, 0.4) is 0 Å². The molecular formula is C56H34N4S2. The molecule has 3 aliphatic rings. The molecule has 2 unspecified atom stereocenters. The maximum atomic E-state index is 5.32. The second kappa shape index (κ2) is 14.1. The topological polar surface area (TPSA) is 51.6 Å². The third kappa shape index (κ3) is 5.64. The van der Waals surface area contributed by atoms with Crippen LogP contribution in [-0.2, 0) is 0 Å². The molecule has 4 aromatic heterocycles. The molecule has 290 valence electrons. The zero-order chi connectivity index (χ0) is 40.7. The monoisotopic (exact) mass is 826 g/mol. The van der Waals surface area contributed by atoms with Crippen LogP contribution in [0.2, 0.25) is 0 Å². The molecule has 0 radical (unpaired) electrons. The van der Waals surface area contributed by atoms with Gasteiger partial charge in [-0.3, -0.25) is 0 Å². The fourth-order valence-electron chi connectivity index (χ4n) is 9.79. The van der Waals surface area contributed by atoms with Crippen LogP contribution in [0.15, 0.2) is 193 Å². The highest BCUT2D eigenvalue weighted by molar-refractivity contribution is 7.18. The van der Waals surface area contributed by atoms with Crippen LogP contribution in [0.4, 0.5) is 0 Å². The van der Waals surface area contributed by atoms with Gasteiger partial charge in [0.2, 0.25) is 0 Å². The maximum Gasteiger partial charge on any atom is 0.160 e. The van der Waals surface area contributed by atoms with Gasteiger partial charge in [-0.2, -0.15) is 0 Å². The van der Waals surface area contributed by atoms with E-state index in [4.69, 9.17) is 19.9 Å². The SMILES string of the molecule is c1ccc(-c2cc(-c3csc4ccccc34)nc(-c3ccc4c(c3)C3c5ccccc5C4c4cc(-c5nc(-c6ccccc6)cc(-c6csc7ccccc67)n5)ccc43)n2)cc1. The van der Waals surface area contributed by atoms with Crippen LogP contribution in [0, 0.1) is 0 Å². The summed E-state index contributed by atoms with van der Waals surface area (Å²) < 4.78 is 2.50. The quantitative estimate of drug-likeness (QED) is 0.168. The van der Waals surface area contributed by atoms with E-state index in [9.17, 15) is 0 Å². The number of fused-ring (bicyclic) bond motifs is 2. The molecule has 3 aliphatic carbocycles. The highest BCUT2D eigenvalue weighted by Gasteiger charge is 2.41. The summed E-state index contributed by atoms with van der Waals surface area (Å²) in [6.45, 7) is 0. The Balaban J connectivity index is 0.951. The Morgan fingerprint density at radius 2 is 0.694 bits per heavy atom. The van der Waals surface area contributed by atoms with E-state index >= 15 is 0 Å². The van der Waals surface area contributed by atoms with E-state index in [1.54, 1.807) is 22.7 Å². The molecule has 0 spiro atoms. The van der Waals surface area contributed by atoms with E-state index in [0.29, 0.717) is 0 Å². The van der Waals surface area contributed by atoms with Gasteiger partial charge in [0.05, 0.1) is 22.8 Å². The first-order valence-electron chi connectivity index (χ1n) is 20.9. The Bertz CT molecular complexity index is 3320. The van der Waals surface area contributed by atoms with Gasteiger partial charge in [-0.05, 0) is 69.8 Å². The molecule has 0 fully saturated rings. The number of thiophene rings is 2. The molecule has 0 aliphatic heterocycles. The number of aromatic nitrogens is 4. The zero-order valence-electron chi connectivity index (χ0n) is 33.2. The summed E-state index contributed by atoms with van der Waals surface area (Å²) in [6.07, 6.45) is 0. The lowest BCUT2D eigenvalue weighted by Crippen LogP contribution is -2.27. The Hall–Kier alpha value is -7.38. The predicted molar refractivity (Wildman–Crippen MR) is 256 cm³/mol. The van der Waals surface area contributed by atoms with Crippen LogP contribution in [0.1, 0.15) is 45.2 Å². The highest BCUT2D eigenvalue weighted by atomic mass is 32.1. The van der Waals surface area contributed by atoms with Crippen LogP contribution >= 0.6 is 22.7 Å². The Kier molecular flexibility index (Phi) is 8.05. The summed E-state index contributed by atoms with van der Waals surface area (Å²) in [5, 5.41) is 6.88. The second-order valence-corrected chi connectivity index (χ2v) is 18.0. The van der Waals surface area contributed by atoms with E-state index in [2.05, 4.69) is 193 Å². The fourth-order valence-corrected chi connectivity index (χ4v) is 11.7. The first-order chi connectivity index (χ1) is 30.7. The van der Waals surface area contributed by atoms with Crippen molar-refractivity contribution in [1.29, 1.82) is 0 Å². The highest BCUT2D eigenvalue weighted by Crippen LogP contribution is 2.56. The number of benzene rings is 7. The van der Waals surface area contributed by atoms with Crippen molar-refractivity contribution in [2.24, 2.45) is 0 Å². The molecule has 0 N–H and O–H groups in total. The van der Waals surface area contributed by atoms with Crippen LogP contribution in [-0.4, -0.2) is 19.9 Å². The molecule has 0 saturated heterocycles. The van der Waals surface area contributed by atoms with E-state index in [1.165, 1.54) is 53.6 Å². The molecule has 0 amide bonds. The van der Waals surface area contributed by atoms with Crippen molar-refractivity contribution < 1.29 is 0 Å². The molecule has 14 rings (SSSR count). The van der Waals surface area contributed by atoms with Gasteiger partial charge in [0.1, 0.15) is 0 Å². The number of hydrogen-bond acceptors (Lipinski definition) is 6. The third-order valence-electron chi connectivity index (χ3n) is 12.7. The molecule has 7 aromatic carbocycles. The second-order valence-electron chi connectivity index (χ2n) is 16.1. The van der Waals surface area contributed by atoms with Gasteiger partial charge >= 0.3 is 0 Å². The van der Waals surface area contributed by atoms with Crippen molar-refractivity contribution in [3.8, 4) is 67.8 Å². The molecule has 0 saturated carbocycles. The summed E-state index contributed by atoms with van der Waals surface area (Å²) in [5.41, 5.74) is 18.2. The predicted octanol–water partition coefficient (Wildman–Crippen LogP) is 14.7. The van der Waals surface area contributed by atoms with Gasteiger partial charge < -0.3 is 0 Å². The Morgan fingerprint density at radius 3 is 1.16 bits per heavy atom. The minimum atomic E-state index is 0.0668. The number of nitrogens with zero attached hydrogens (tertiary/aromatic N) is 4. The van der Waals surface area contributed by atoms with Crippen molar-refractivity contribution in [1.82, 2.24) is 19.9 Å². The van der Waals surface area contributed by atoms with Gasteiger partial charge in [-0.15, -0.1) is 22.7 Å². The molecular weight excluding hydrogens is 793 g/mol. The summed E-state index contributed by atoms with van der Waals surface area (Å²) >= 11 is 3.51. The lowest BCUT2D eigenvalue weighted by molar-refractivity contribution is 0.754. The van der Waals surface area contributed by atoms with Gasteiger partial charge in [-0.25, -0.2) is 19.9 Å². The van der Waals surface area contributed by atoms with Crippen LogP contribution in [0.25, 0.3) is 88.0 Å². The standard InChI is InChI=1S/C56H34N4S2/c1-3-13-33(14-4-1)47-29-49(45-31-61-51-21-11-9-17-37(45)51)59-55(57-47)35-23-25-41-43(27-35)53-39-19-7-8-20-40(39)54(41)44-28-36(24-26-42(44)53)56-58-48(34-15-5-2-6-16-34)30-50(60-56)46-32-62-52-22-12-10-18-38(46)52/h1-32,53-54H. The third-order valence-corrected chi connectivity index (χ3v) is 14.6. The summed E-state index contributed by atoms with van der Waals surface area (Å²) in [7, 11) is 0. The molecule has 4 nitrogen and oxygen atoms in total. The van der Waals surface area contributed by atoms with E-state index in [-0.39, 0.29) is 11.8 Å². The lowest BCUT2D eigenvalue weighted by atomic mass is 9.61. The molecule has 2 atom stereocenters. The van der Waals surface area contributed by atoms with Crippen molar-refractivity contribution in [3.63, 3.8) is 0 Å². The maximum absolute atomic E-state index is 5.32. The van der Waals surface area contributed by atoms with Gasteiger partial charge in [0.25, 0.3) is 0 Å². The van der Waals surface area contributed by atoms with Crippen LogP contribution < -0.4 is 0 Å². The molecule has 6 heteroatoms. The van der Waals surface area contributed by atoms with Crippen molar-refractivity contribution in [2.75, 3.05) is 0 Å². The van der Waals surface area contributed by atoms with Gasteiger partial charge in [-0.1, -0.05) is 146 Å². The summed E-state index contributed by atoms with van der Waals surface area (Å²) in [5.74, 6) is 1.60. The van der Waals surface area contributed by atoms with Gasteiger partial charge in [0, 0.05) is 76.1 Å².